The minimum atomic E-state index is -0.378. The van der Waals surface area contributed by atoms with Crippen LogP contribution >= 0.6 is 22.6 Å². The first-order valence-corrected chi connectivity index (χ1v) is 6.40. The van der Waals surface area contributed by atoms with Crippen LogP contribution in [0.15, 0.2) is 24.3 Å². The van der Waals surface area contributed by atoms with E-state index in [1.165, 1.54) is 11.3 Å². The average Bonchev–Trinajstić information content (AvgIpc) is 2.17. The summed E-state index contributed by atoms with van der Waals surface area (Å²) in [5.74, 6) is 0. The molecule has 0 aromatic heterocycles. The van der Waals surface area contributed by atoms with Crippen LogP contribution in [0.5, 0.6) is 0 Å². The topological polar surface area (TPSA) is 55.3 Å². The van der Waals surface area contributed by atoms with Gasteiger partial charge in [0.1, 0.15) is 0 Å². The molecule has 4 heteroatoms. The van der Waals surface area contributed by atoms with Crippen LogP contribution < -0.4 is 16.4 Å². The smallest absolute Gasteiger partial charge is 0.0871 e. The lowest BCUT2D eigenvalue weighted by atomic mass is 10.0. The fraction of sp³-hybridized carbons (Fsp3) is 0.500. The first-order chi connectivity index (χ1) is 7.33. The van der Waals surface area contributed by atoms with Crippen molar-refractivity contribution < 1.29 is 0 Å². The van der Waals surface area contributed by atoms with Gasteiger partial charge in [0.05, 0.1) is 3.55 Å². The molecule has 0 saturated carbocycles. The van der Waals surface area contributed by atoms with Crippen molar-refractivity contribution in [1.29, 1.82) is 0 Å². The molecule has 1 aromatic carbocycles. The van der Waals surface area contributed by atoms with Crippen molar-refractivity contribution in [3.8, 4) is 0 Å². The normalized spacial score (nSPS) is 16.6. The Bertz CT molecular complexity index is 331. The second kappa shape index (κ2) is 5.33. The van der Waals surface area contributed by atoms with Crippen LogP contribution in [0.25, 0.3) is 0 Å². The highest BCUT2D eigenvalue weighted by Crippen LogP contribution is 2.22. The molecule has 2 atom stereocenters. The van der Waals surface area contributed by atoms with E-state index in [2.05, 4.69) is 51.8 Å². The van der Waals surface area contributed by atoms with Gasteiger partial charge in [0.2, 0.25) is 0 Å². The number of hydrogen-bond donors (Lipinski definition) is 2. The summed E-state index contributed by atoms with van der Waals surface area (Å²) >= 11 is 2.23. The number of hydrogen-bond acceptors (Lipinski definition) is 3. The van der Waals surface area contributed by atoms with Crippen molar-refractivity contribution in [3.63, 3.8) is 0 Å². The molecular weight excluding hydrogens is 313 g/mol. The summed E-state index contributed by atoms with van der Waals surface area (Å²) in [5, 5.41) is 0. The Kier molecular flexibility index (Phi) is 4.58. The van der Waals surface area contributed by atoms with E-state index in [1.807, 2.05) is 21.0 Å². The van der Waals surface area contributed by atoms with Crippen LogP contribution in [-0.4, -0.2) is 23.7 Å². The van der Waals surface area contributed by atoms with Gasteiger partial charge in [0, 0.05) is 32.2 Å². The van der Waals surface area contributed by atoms with E-state index in [1.54, 1.807) is 0 Å². The molecule has 0 heterocycles. The third kappa shape index (κ3) is 3.61. The molecule has 0 aliphatic rings. The number of nitrogens with two attached hydrogens (primary N) is 2. The summed E-state index contributed by atoms with van der Waals surface area (Å²) in [4.78, 5) is 2.08. The fourth-order valence-corrected chi connectivity index (χ4v) is 1.83. The second-order valence-electron chi connectivity index (χ2n) is 4.45. The first kappa shape index (κ1) is 13.7. The van der Waals surface area contributed by atoms with Gasteiger partial charge >= 0.3 is 0 Å². The van der Waals surface area contributed by atoms with Crippen LogP contribution in [0.3, 0.4) is 0 Å². The largest absolute Gasteiger partial charge is 0.378 e. The molecule has 2 unspecified atom stereocenters. The highest BCUT2D eigenvalue weighted by Gasteiger charge is 2.25. The van der Waals surface area contributed by atoms with Crippen molar-refractivity contribution >= 4 is 28.3 Å². The van der Waals surface area contributed by atoms with Gasteiger partial charge in [0.15, 0.2) is 0 Å². The SMILES string of the molecule is CC(N)C(N)(I)Cc1ccc(N(C)C)cc1. The van der Waals surface area contributed by atoms with E-state index in [0.29, 0.717) is 0 Å². The Balaban J connectivity index is 2.76. The maximum Gasteiger partial charge on any atom is 0.0871 e. The van der Waals surface area contributed by atoms with Crippen LogP contribution in [0.1, 0.15) is 12.5 Å². The number of anilines is 1. The fourth-order valence-electron chi connectivity index (χ4n) is 1.39. The van der Waals surface area contributed by atoms with Crippen LogP contribution in [-0.2, 0) is 6.42 Å². The minimum Gasteiger partial charge on any atom is -0.378 e. The van der Waals surface area contributed by atoms with Crippen LogP contribution in [0.4, 0.5) is 5.69 Å². The molecule has 0 fully saturated rings. The van der Waals surface area contributed by atoms with Crippen molar-refractivity contribution in [1.82, 2.24) is 0 Å². The second-order valence-corrected chi connectivity index (χ2v) is 6.46. The first-order valence-electron chi connectivity index (χ1n) is 5.32. The Hall–Kier alpha value is -0.330. The van der Waals surface area contributed by atoms with Crippen molar-refractivity contribution in [2.24, 2.45) is 11.5 Å². The summed E-state index contributed by atoms with van der Waals surface area (Å²) in [6.07, 6.45) is 0.791. The van der Waals surface area contributed by atoms with E-state index < -0.39 is 0 Å². The number of halogens is 1. The van der Waals surface area contributed by atoms with Gasteiger partial charge < -0.3 is 16.4 Å². The van der Waals surface area contributed by atoms with E-state index in [0.717, 1.165) is 6.42 Å². The van der Waals surface area contributed by atoms with Crippen LogP contribution in [0, 0.1) is 0 Å². The van der Waals surface area contributed by atoms with Crippen molar-refractivity contribution in [2.75, 3.05) is 19.0 Å². The van der Waals surface area contributed by atoms with Crippen molar-refractivity contribution in [3.05, 3.63) is 29.8 Å². The summed E-state index contributed by atoms with van der Waals surface area (Å²) in [5.41, 5.74) is 14.4. The van der Waals surface area contributed by atoms with Gasteiger partial charge in [-0.15, -0.1) is 0 Å². The molecule has 4 N–H and O–H groups in total. The predicted molar refractivity (Wildman–Crippen MR) is 79.1 cm³/mol. The standard InChI is InChI=1S/C12H20IN3/c1-9(14)12(13,15)8-10-4-6-11(7-5-10)16(2)3/h4-7,9H,8,14-15H2,1-3H3. The summed E-state index contributed by atoms with van der Waals surface area (Å²) in [7, 11) is 4.06. The average molecular weight is 333 g/mol. The van der Waals surface area contributed by atoms with Gasteiger partial charge in [-0.1, -0.05) is 34.7 Å². The van der Waals surface area contributed by atoms with E-state index in [-0.39, 0.29) is 9.59 Å². The molecule has 0 saturated heterocycles. The zero-order chi connectivity index (χ0) is 12.3. The third-order valence-electron chi connectivity index (χ3n) is 2.68. The maximum atomic E-state index is 6.14. The molecule has 16 heavy (non-hydrogen) atoms. The Morgan fingerprint density at radius 3 is 2.19 bits per heavy atom. The monoisotopic (exact) mass is 333 g/mol. The van der Waals surface area contributed by atoms with Gasteiger partial charge in [-0.3, -0.25) is 0 Å². The highest BCUT2D eigenvalue weighted by molar-refractivity contribution is 14.1. The Morgan fingerprint density at radius 2 is 1.81 bits per heavy atom. The lowest BCUT2D eigenvalue weighted by molar-refractivity contribution is 0.534. The zero-order valence-electron chi connectivity index (χ0n) is 10.1. The van der Waals surface area contributed by atoms with E-state index in [9.17, 15) is 0 Å². The highest BCUT2D eigenvalue weighted by atomic mass is 127. The molecule has 0 radical (unpaired) electrons. The Labute approximate surface area is 111 Å². The molecular formula is C12H20IN3. The van der Waals surface area contributed by atoms with E-state index >= 15 is 0 Å². The molecule has 90 valence electrons. The van der Waals surface area contributed by atoms with Gasteiger partial charge in [-0.25, -0.2) is 0 Å². The molecule has 1 aromatic rings. The summed E-state index contributed by atoms with van der Waals surface area (Å²) < 4.78 is -0.378. The quantitative estimate of drug-likeness (QED) is 0.501. The lowest BCUT2D eigenvalue weighted by Crippen LogP contribution is -2.50. The van der Waals surface area contributed by atoms with Gasteiger partial charge in [-0.2, -0.15) is 0 Å². The number of nitrogens with zero attached hydrogens (tertiary/aromatic N) is 1. The van der Waals surface area contributed by atoms with Gasteiger partial charge in [-0.05, 0) is 24.6 Å². The zero-order valence-corrected chi connectivity index (χ0v) is 12.2. The predicted octanol–water partition coefficient (Wildman–Crippen LogP) is 1.73. The molecule has 0 spiro atoms. The minimum absolute atomic E-state index is 0.0263. The van der Waals surface area contributed by atoms with Crippen molar-refractivity contribution in [2.45, 2.75) is 22.9 Å². The molecule has 3 nitrogen and oxygen atoms in total. The summed E-state index contributed by atoms with van der Waals surface area (Å²) in [6.45, 7) is 1.95. The molecule has 0 bridgehead atoms. The summed E-state index contributed by atoms with van der Waals surface area (Å²) in [6, 6.07) is 8.39. The number of rotatable bonds is 4. The molecule has 0 aliphatic carbocycles. The number of alkyl halides is 1. The Morgan fingerprint density at radius 1 is 1.31 bits per heavy atom. The lowest BCUT2D eigenvalue weighted by Gasteiger charge is -2.27. The molecule has 1 rings (SSSR count). The maximum absolute atomic E-state index is 6.14. The van der Waals surface area contributed by atoms with E-state index in [4.69, 9.17) is 11.5 Å². The third-order valence-corrected chi connectivity index (χ3v) is 4.05. The number of benzene rings is 1. The van der Waals surface area contributed by atoms with Crippen LogP contribution in [0.2, 0.25) is 0 Å². The van der Waals surface area contributed by atoms with Gasteiger partial charge in [0.25, 0.3) is 0 Å². The molecule has 0 amide bonds. The molecule has 0 aliphatic heterocycles.